The van der Waals surface area contributed by atoms with Crippen LogP contribution in [0.1, 0.15) is 45.4 Å². The number of hydrogen-bond donors (Lipinski definition) is 2. The molecule has 0 atom stereocenters. The number of ether oxygens (including phenoxy) is 1. The van der Waals surface area contributed by atoms with Gasteiger partial charge in [0.15, 0.2) is 11.6 Å². The number of nitrogens with zero attached hydrogens (tertiary/aromatic N) is 2. The molecule has 0 unspecified atom stereocenters. The maximum Gasteiger partial charge on any atom is 0.203 e. The van der Waals surface area contributed by atoms with E-state index in [2.05, 4.69) is 22.2 Å². The molecule has 0 saturated carbocycles. The average Bonchev–Trinajstić information content (AvgIpc) is 2.38. The summed E-state index contributed by atoms with van der Waals surface area (Å²) in [6, 6.07) is 0. The molecule has 0 aliphatic carbocycles. The molecule has 0 aromatic carbocycles. The van der Waals surface area contributed by atoms with Crippen molar-refractivity contribution in [3.8, 4) is 5.75 Å². The van der Waals surface area contributed by atoms with Gasteiger partial charge in [-0.05, 0) is 6.42 Å². The zero-order valence-electron chi connectivity index (χ0n) is 11.4. The predicted molar refractivity (Wildman–Crippen MR) is 74.9 cm³/mol. The summed E-state index contributed by atoms with van der Waals surface area (Å²) in [5, 5.41) is 3.24. The minimum absolute atomic E-state index is 0.373. The lowest BCUT2D eigenvalue weighted by molar-refractivity contribution is 0.415. The van der Waals surface area contributed by atoms with Crippen LogP contribution in [0.15, 0.2) is 6.33 Å². The number of rotatable bonds is 9. The molecule has 1 heterocycles. The lowest BCUT2D eigenvalue weighted by atomic mass is 10.1. The van der Waals surface area contributed by atoms with Gasteiger partial charge in [-0.25, -0.2) is 9.97 Å². The van der Waals surface area contributed by atoms with Gasteiger partial charge in [-0.1, -0.05) is 39.0 Å². The van der Waals surface area contributed by atoms with E-state index in [1.54, 1.807) is 7.11 Å². The van der Waals surface area contributed by atoms with Crippen molar-refractivity contribution in [1.29, 1.82) is 0 Å². The second-order valence-electron chi connectivity index (χ2n) is 4.34. The van der Waals surface area contributed by atoms with Crippen molar-refractivity contribution in [1.82, 2.24) is 9.97 Å². The molecule has 5 nitrogen and oxygen atoms in total. The number of nitrogens with one attached hydrogen (secondary N) is 1. The van der Waals surface area contributed by atoms with Gasteiger partial charge in [0.05, 0.1) is 7.11 Å². The fraction of sp³-hybridized carbons (Fsp3) is 0.692. The Morgan fingerprint density at radius 2 is 1.89 bits per heavy atom. The molecule has 102 valence electrons. The van der Waals surface area contributed by atoms with Crippen molar-refractivity contribution in [3.63, 3.8) is 0 Å². The molecular formula is C13H24N4O. The van der Waals surface area contributed by atoms with E-state index in [0.29, 0.717) is 17.4 Å². The van der Waals surface area contributed by atoms with Crippen LogP contribution in [-0.2, 0) is 0 Å². The van der Waals surface area contributed by atoms with E-state index in [9.17, 15) is 0 Å². The van der Waals surface area contributed by atoms with Crippen molar-refractivity contribution in [2.24, 2.45) is 0 Å². The van der Waals surface area contributed by atoms with Crippen LogP contribution in [0.25, 0.3) is 0 Å². The van der Waals surface area contributed by atoms with Gasteiger partial charge in [-0.15, -0.1) is 0 Å². The van der Waals surface area contributed by atoms with Gasteiger partial charge < -0.3 is 15.8 Å². The van der Waals surface area contributed by atoms with E-state index in [1.807, 2.05) is 0 Å². The minimum Gasteiger partial charge on any atom is -0.490 e. The first kappa shape index (κ1) is 14.5. The highest BCUT2D eigenvalue weighted by molar-refractivity contribution is 5.61. The molecule has 1 rings (SSSR count). The maximum atomic E-state index is 5.70. The summed E-state index contributed by atoms with van der Waals surface area (Å²) in [6.45, 7) is 3.12. The zero-order chi connectivity index (χ0) is 13.2. The average molecular weight is 252 g/mol. The van der Waals surface area contributed by atoms with Gasteiger partial charge in [0.2, 0.25) is 5.75 Å². The molecule has 0 aliphatic heterocycles. The van der Waals surface area contributed by atoms with Crippen LogP contribution in [0, 0.1) is 0 Å². The van der Waals surface area contributed by atoms with E-state index in [-0.39, 0.29) is 0 Å². The smallest absolute Gasteiger partial charge is 0.203 e. The number of nitrogen functional groups attached to an aromatic ring is 1. The molecule has 0 bridgehead atoms. The van der Waals surface area contributed by atoms with Gasteiger partial charge in [-0.2, -0.15) is 0 Å². The Kier molecular flexibility index (Phi) is 6.91. The van der Waals surface area contributed by atoms with Crippen molar-refractivity contribution in [2.75, 3.05) is 24.7 Å². The number of nitrogens with two attached hydrogens (primary N) is 1. The lowest BCUT2D eigenvalue weighted by Gasteiger charge is -2.10. The highest BCUT2D eigenvalue weighted by atomic mass is 16.5. The summed E-state index contributed by atoms with van der Waals surface area (Å²) < 4.78 is 5.17. The fourth-order valence-corrected chi connectivity index (χ4v) is 1.83. The number of methoxy groups -OCH3 is 1. The molecule has 0 aliphatic rings. The molecule has 18 heavy (non-hydrogen) atoms. The van der Waals surface area contributed by atoms with Crippen molar-refractivity contribution < 1.29 is 4.74 Å². The normalized spacial score (nSPS) is 10.3. The van der Waals surface area contributed by atoms with Gasteiger partial charge >= 0.3 is 0 Å². The first-order chi connectivity index (χ1) is 8.79. The third-order valence-corrected chi connectivity index (χ3v) is 2.86. The molecule has 1 aromatic heterocycles. The van der Waals surface area contributed by atoms with Crippen LogP contribution in [0.3, 0.4) is 0 Å². The molecule has 1 aromatic rings. The summed E-state index contributed by atoms with van der Waals surface area (Å²) in [7, 11) is 1.57. The Hall–Kier alpha value is -1.52. The van der Waals surface area contributed by atoms with E-state index >= 15 is 0 Å². The predicted octanol–water partition coefficient (Wildman–Crippen LogP) is 2.84. The topological polar surface area (TPSA) is 73.1 Å². The molecule has 3 N–H and O–H groups in total. The minimum atomic E-state index is 0.373. The van der Waals surface area contributed by atoms with E-state index in [0.717, 1.165) is 13.0 Å². The summed E-state index contributed by atoms with van der Waals surface area (Å²) >= 11 is 0. The van der Waals surface area contributed by atoms with Crippen molar-refractivity contribution in [2.45, 2.75) is 45.4 Å². The highest BCUT2D eigenvalue weighted by Crippen LogP contribution is 2.26. The van der Waals surface area contributed by atoms with E-state index in [4.69, 9.17) is 10.5 Å². The van der Waals surface area contributed by atoms with E-state index in [1.165, 1.54) is 38.4 Å². The van der Waals surface area contributed by atoms with Gasteiger partial charge in [0, 0.05) is 6.54 Å². The van der Waals surface area contributed by atoms with Crippen molar-refractivity contribution in [3.05, 3.63) is 6.33 Å². The van der Waals surface area contributed by atoms with Gasteiger partial charge in [0.1, 0.15) is 6.33 Å². The molecule has 0 fully saturated rings. The van der Waals surface area contributed by atoms with Crippen LogP contribution in [0.5, 0.6) is 5.75 Å². The van der Waals surface area contributed by atoms with Crippen LogP contribution in [0.4, 0.5) is 11.6 Å². The standard InChI is InChI=1S/C13H24N4O/c1-3-4-5-6-7-8-9-15-13-11(18-2)12(14)16-10-17-13/h10H,3-9H2,1-2H3,(H3,14,15,16,17). The molecule has 0 amide bonds. The third kappa shape index (κ3) is 4.77. The summed E-state index contributed by atoms with van der Waals surface area (Å²) in [5.41, 5.74) is 5.70. The Labute approximate surface area is 109 Å². The maximum absolute atomic E-state index is 5.70. The first-order valence-corrected chi connectivity index (χ1v) is 6.68. The lowest BCUT2D eigenvalue weighted by Crippen LogP contribution is -2.07. The Morgan fingerprint density at radius 1 is 1.17 bits per heavy atom. The Morgan fingerprint density at radius 3 is 2.61 bits per heavy atom. The monoisotopic (exact) mass is 252 g/mol. The molecule has 5 heteroatoms. The zero-order valence-corrected chi connectivity index (χ0v) is 11.4. The largest absolute Gasteiger partial charge is 0.490 e. The third-order valence-electron chi connectivity index (χ3n) is 2.86. The summed E-state index contributed by atoms with van der Waals surface area (Å²) in [6.07, 6.45) is 9.09. The van der Waals surface area contributed by atoms with Crippen LogP contribution in [-0.4, -0.2) is 23.6 Å². The Balaban J connectivity index is 2.25. The van der Waals surface area contributed by atoms with Crippen molar-refractivity contribution >= 4 is 11.6 Å². The number of unbranched alkanes of at least 4 members (excludes halogenated alkanes) is 5. The molecule has 0 spiro atoms. The first-order valence-electron chi connectivity index (χ1n) is 6.68. The Bertz CT molecular complexity index is 344. The summed E-state index contributed by atoms with van der Waals surface area (Å²) in [5.74, 6) is 1.58. The highest BCUT2D eigenvalue weighted by Gasteiger charge is 2.08. The fourth-order valence-electron chi connectivity index (χ4n) is 1.83. The number of aromatic nitrogens is 2. The van der Waals surface area contributed by atoms with Crippen LogP contribution < -0.4 is 15.8 Å². The quantitative estimate of drug-likeness (QED) is 0.661. The summed E-state index contributed by atoms with van der Waals surface area (Å²) in [4.78, 5) is 8.02. The van der Waals surface area contributed by atoms with E-state index < -0.39 is 0 Å². The van der Waals surface area contributed by atoms with Crippen LogP contribution in [0.2, 0.25) is 0 Å². The van der Waals surface area contributed by atoms with Gasteiger partial charge in [0.25, 0.3) is 0 Å². The second kappa shape index (κ2) is 8.55. The molecule has 0 saturated heterocycles. The SMILES string of the molecule is CCCCCCCCNc1ncnc(N)c1OC. The van der Waals surface area contributed by atoms with Crippen LogP contribution >= 0.6 is 0 Å². The molecule has 0 radical (unpaired) electrons. The number of anilines is 2. The van der Waals surface area contributed by atoms with Gasteiger partial charge in [-0.3, -0.25) is 0 Å². The molecular weight excluding hydrogens is 228 g/mol. The second-order valence-corrected chi connectivity index (χ2v) is 4.34. The number of hydrogen-bond acceptors (Lipinski definition) is 5.